The Labute approximate surface area is 186 Å². The molecule has 0 saturated heterocycles. The molecular weight excluding hydrogens is 492 g/mol. The molecule has 0 aromatic carbocycles. The average Bonchev–Trinajstić information content (AvgIpc) is 2.67. The second-order valence-electron chi connectivity index (χ2n) is 8.23. The van der Waals surface area contributed by atoms with Crippen molar-refractivity contribution >= 4 is 40.5 Å². The standard InChI is InChI=1S/C17H32O10S4/c18-28(19,26-30(22,23)16-10-4-1-5-11-16)14-8-3-9-15-29(20,21)27-31(24,25)17-12-6-2-7-13-17/h16-17H,1-15H2. The zero-order valence-electron chi connectivity index (χ0n) is 17.5. The Morgan fingerprint density at radius 3 is 1.13 bits per heavy atom. The third-order valence-corrected chi connectivity index (χ3v) is 12.9. The Bertz CT molecular complexity index is 903. The molecule has 2 aliphatic rings. The molecule has 2 saturated carbocycles. The summed E-state index contributed by atoms with van der Waals surface area (Å²) >= 11 is 0. The van der Waals surface area contributed by atoms with Crippen LogP contribution in [0.4, 0.5) is 0 Å². The minimum Gasteiger partial charge on any atom is -0.198 e. The second kappa shape index (κ2) is 11.2. The lowest BCUT2D eigenvalue weighted by molar-refractivity contribution is 0.420. The number of hydrogen-bond donors (Lipinski definition) is 0. The largest absolute Gasteiger partial charge is 0.284 e. The Morgan fingerprint density at radius 2 is 0.806 bits per heavy atom. The normalized spacial score (nSPS) is 20.6. The van der Waals surface area contributed by atoms with Gasteiger partial charge >= 0.3 is 0 Å². The first kappa shape index (κ1) is 27.0. The van der Waals surface area contributed by atoms with E-state index in [1.807, 2.05) is 0 Å². The van der Waals surface area contributed by atoms with Crippen LogP contribution in [0.1, 0.15) is 83.5 Å². The van der Waals surface area contributed by atoms with Gasteiger partial charge in [0.1, 0.15) is 0 Å². The van der Waals surface area contributed by atoms with Crippen molar-refractivity contribution in [3.05, 3.63) is 0 Å². The SMILES string of the molecule is O=S(=O)(CCCCCS(=O)(=O)OS(=O)(=O)C1CCCCC1)OS(=O)(=O)C1CCCCC1. The van der Waals surface area contributed by atoms with Gasteiger partial charge in [0.25, 0.3) is 40.5 Å². The van der Waals surface area contributed by atoms with Crippen LogP contribution in [0, 0.1) is 0 Å². The van der Waals surface area contributed by atoms with Crippen molar-refractivity contribution < 1.29 is 40.9 Å². The van der Waals surface area contributed by atoms with Crippen molar-refractivity contribution in [2.75, 3.05) is 11.5 Å². The van der Waals surface area contributed by atoms with Crippen LogP contribution >= 0.6 is 0 Å². The highest BCUT2D eigenvalue weighted by atomic mass is 32.3. The maximum Gasteiger partial charge on any atom is 0.284 e. The summed E-state index contributed by atoms with van der Waals surface area (Å²) in [6.07, 6.45) is 6.23. The van der Waals surface area contributed by atoms with Gasteiger partial charge in [0.2, 0.25) is 0 Å². The lowest BCUT2D eigenvalue weighted by Gasteiger charge is -2.20. The van der Waals surface area contributed by atoms with E-state index < -0.39 is 62.5 Å². The number of rotatable bonds is 12. The summed E-state index contributed by atoms with van der Waals surface area (Å²) in [5.41, 5.74) is 0. The molecule has 14 heteroatoms. The van der Waals surface area contributed by atoms with E-state index in [4.69, 9.17) is 0 Å². The van der Waals surface area contributed by atoms with E-state index >= 15 is 0 Å². The van der Waals surface area contributed by atoms with Crippen LogP contribution in [0.2, 0.25) is 0 Å². The molecule has 2 aliphatic carbocycles. The lowest BCUT2D eigenvalue weighted by Crippen LogP contribution is -2.29. The van der Waals surface area contributed by atoms with Crippen molar-refractivity contribution in [2.24, 2.45) is 0 Å². The van der Waals surface area contributed by atoms with Gasteiger partial charge in [-0.25, -0.2) is 0 Å². The summed E-state index contributed by atoms with van der Waals surface area (Å²) in [7, 11) is -17.0. The van der Waals surface area contributed by atoms with Gasteiger partial charge in [0.15, 0.2) is 0 Å². The molecule has 0 radical (unpaired) electrons. The average molecular weight is 525 g/mol. The van der Waals surface area contributed by atoms with E-state index in [1.165, 1.54) is 0 Å². The van der Waals surface area contributed by atoms with Crippen molar-refractivity contribution in [2.45, 2.75) is 94.0 Å². The van der Waals surface area contributed by atoms with Gasteiger partial charge in [0, 0.05) is 0 Å². The molecule has 0 bridgehead atoms. The third-order valence-electron chi connectivity index (χ3n) is 5.61. The molecule has 0 aliphatic heterocycles. The van der Waals surface area contributed by atoms with Gasteiger partial charge in [-0.1, -0.05) is 44.9 Å². The molecular formula is C17H32O10S4. The van der Waals surface area contributed by atoms with E-state index in [1.54, 1.807) is 0 Å². The summed E-state index contributed by atoms with van der Waals surface area (Å²) in [6.45, 7) is 0. The first-order valence-electron chi connectivity index (χ1n) is 10.7. The highest BCUT2D eigenvalue weighted by Crippen LogP contribution is 2.27. The number of hydrogen-bond acceptors (Lipinski definition) is 10. The molecule has 0 spiro atoms. The minimum absolute atomic E-state index is 0.0204. The molecule has 0 N–H and O–H groups in total. The van der Waals surface area contributed by atoms with E-state index in [2.05, 4.69) is 7.26 Å². The zero-order chi connectivity index (χ0) is 23.2. The fourth-order valence-corrected chi connectivity index (χ4v) is 10.6. The molecule has 31 heavy (non-hydrogen) atoms. The van der Waals surface area contributed by atoms with Gasteiger partial charge in [-0.3, -0.25) is 0 Å². The zero-order valence-corrected chi connectivity index (χ0v) is 20.7. The Balaban J connectivity index is 1.74. The van der Waals surface area contributed by atoms with Crippen LogP contribution < -0.4 is 0 Å². The predicted octanol–water partition coefficient (Wildman–Crippen LogP) is 2.17. The van der Waals surface area contributed by atoms with Crippen LogP contribution in [0.3, 0.4) is 0 Å². The highest BCUT2D eigenvalue weighted by molar-refractivity contribution is 8.00. The molecule has 184 valence electrons. The van der Waals surface area contributed by atoms with E-state index in [-0.39, 0.29) is 19.3 Å². The minimum atomic E-state index is -4.31. The van der Waals surface area contributed by atoms with Crippen LogP contribution in [0.25, 0.3) is 0 Å². The third kappa shape index (κ3) is 9.24. The van der Waals surface area contributed by atoms with Crippen molar-refractivity contribution in [3.8, 4) is 0 Å². The summed E-state index contributed by atoms with van der Waals surface area (Å²) < 4.78 is 105. The van der Waals surface area contributed by atoms with Crippen LogP contribution in [-0.4, -0.2) is 55.7 Å². The molecule has 0 atom stereocenters. The maximum atomic E-state index is 12.1. The maximum absolute atomic E-state index is 12.1. The predicted molar refractivity (Wildman–Crippen MR) is 115 cm³/mol. The Morgan fingerprint density at radius 1 is 0.484 bits per heavy atom. The quantitative estimate of drug-likeness (QED) is 0.347. The molecule has 0 aromatic heterocycles. The first-order chi connectivity index (χ1) is 14.3. The molecule has 0 amide bonds. The van der Waals surface area contributed by atoms with Crippen molar-refractivity contribution in [3.63, 3.8) is 0 Å². The molecule has 10 nitrogen and oxygen atoms in total. The monoisotopic (exact) mass is 524 g/mol. The lowest BCUT2D eigenvalue weighted by atomic mass is 10.0. The van der Waals surface area contributed by atoms with Gasteiger partial charge in [-0.2, -0.15) is 33.7 Å². The topological polar surface area (TPSA) is 155 Å². The Hall–Kier alpha value is -0.280. The summed E-state index contributed by atoms with van der Waals surface area (Å²) in [4.78, 5) is 0. The summed E-state index contributed by atoms with van der Waals surface area (Å²) in [6, 6.07) is 0. The summed E-state index contributed by atoms with van der Waals surface area (Å²) in [5, 5.41) is -1.63. The summed E-state index contributed by atoms with van der Waals surface area (Å²) in [5.74, 6) is -1.14. The number of unbranched alkanes of at least 4 members (excludes halogenated alkanes) is 2. The van der Waals surface area contributed by atoms with Gasteiger partial charge < -0.3 is 0 Å². The van der Waals surface area contributed by atoms with E-state index in [0.717, 1.165) is 12.8 Å². The second-order valence-corrected chi connectivity index (χ2v) is 15.7. The van der Waals surface area contributed by atoms with Crippen molar-refractivity contribution in [1.29, 1.82) is 0 Å². The van der Waals surface area contributed by atoms with Crippen LogP contribution in [0.15, 0.2) is 0 Å². The van der Waals surface area contributed by atoms with Crippen molar-refractivity contribution in [1.82, 2.24) is 0 Å². The highest BCUT2D eigenvalue weighted by Gasteiger charge is 2.34. The van der Waals surface area contributed by atoms with E-state index in [0.29, 0.717) is 51.4 Å². The fourth-order valence-electron chi connectivity index (χ4n) is 3.91. The van der Waals surface area contributed by atoms with Gasteiger partial charge in [-0.05, 0) is 38.5 Å². The first-order valence-corrected chi connectivity index (χ1v) is 16.8. The Kier molecular flexibility index (Phi) is 9.77. The van der Waals surface area contributed by atoms with E-state index in [9.17, 15) is 33.7 Å². The molecule has 2 rings (SSSR count). The molecule has 0 aromatic rings. The van der Waals surface area contributed by atoms with Gasteiger partial charge in [-0.15, -0.1) is 7.26 Å². The van der Waals surface area contributed by atoms with Crippen LogP contribution in [0.5, 0.6) is 0 Å². The fraction of sp³-hybridized carbons (Fsp3) is 1.00. The van der Waals surface area contributed by atoms with Gasteiger partial charge in [0.05, 0.1) is 22.0 Å². The smallest absolute Gasteiger partial charge is 0.198 e. The molecule has 0 unspecified atom stereocenters. The van der Waals surface area contributed by atoms with Crippen LogP contribution in [-0.2, 0) is 47.7 Å². The molecule has 0 heterocycles. The molecule has 2 fully saturated rings.